The second-order valence-electron chi connectivity index (χ2n) is 3.11. The number of hydrogen-bond donors (Lipinski definition) is 1. The van der Waals surface area contributed by atoms with Gasteiger partial charge in [-0.15, -0.1) is 0 Å². The number of hydrogen-bond acceptors (Lipinski definition) is 3. The first-order valence-corrected chi connectivity index (χ1v) is 4.98. The number of benzene rings is 1. The zero-order valence-electron chi connectivity index (χ0n) is 9.29. The van der Waals surface area contributed by atoms with Crippen LogP contribution in [0.3, 0.4) is 0 Å². The Morgan fingerprint density at radius 3 is 2.59 bits per heavy atom. The summed E-state index contributed by atoms with van der Waals surface area (Å²) in [6.45, 7) is 1.81. The molecule has 17 heavy (non-hydrogen) atoms. The van der Waals surface area contributed by atoms with E-state index in [9.17, 15) is 9.59 Å². The standard InChI is InChI=1S/C13H12O4/c1-2-3-4-9-12(14)17-11-8-6-5-7-10(11)13(15)16/h2-9H,1H3,(H,15,16). The molecule has 0 atom stereocenters. The van der Waals surface area contributed by atoms with E-state index in [1.165, 1.54) is 24.3 Å². The Labute approximate surface area is 98.8 Å². The van der Waals surface area contributed by atoms with E-state index in [-0.39, 0.29) is 11.3 Å². The van der Waals surface area contributed by atoms with Crippen molar-refractivity contribution in [2.24, 2.45) is 0 Å². The van der Waals surface area contributed by atoms with Crippen molar-refractivity contribution >= 4 is 11.9 Å². The van der Waals surface area contributed by atoms with Crippen LogP contribution in [-0.4, -0.2) is 17.0 Å². The maximum atomic E-state index is 11.3. The minimum absolute atomic E-state index is 0.0372. The number of para-hydroxylation sites is 1. The fraction of sp³-hybridized carbons (Fsp3) is 0.0769. The van der Waals surface area contributed by atoms with E-state index >= 15 is 0 Å². The molecule has 1 aromatic rings. The molecule has 4 nitrogen and oxygen atoms in total. The summed E-state index contributed by atoms with van der Waals surface area (Å²) in [7, 11) is 0. The second kappa shape index (κ2) is 6.27. The summed E-state index contributed by atoms with van der Waals surface area (Å²) in [5.74, 6) is -1.71. The predicted molar refractivity (Wildman–Crippen MR) is 63.0 cm³/mol. The number of carboxylic acids is 1. The Kier molecular flexibility index (Phi) is 4.69. The summed E-state index contributed by atoms with van der Waals surface area (Å²) >= 11 is 0. The Morgan fingerprint density at radius 2 is 1.94 bits per heavy atom. The number of carboxylic acid groups (broad SMARTS) is 1. The molecule has 1 aromatic carbocycles. The van der Waals surface area contributed by atoms with Gasteiger partial charge in [0.2, 0.25) is 0 Å². The fourth-order valence-electron chi connectivity index (χ4n) is 1.12. The number of aromatic carboxylic acids is 1. The fourth-order valence-corrected chi connectivity index (χ4v) is 1.12. The average Bonchev–Trinajstić information content (AvgIpc) is 2.29. The molecule has 88 valence electrons. The highest BCUT2D eigenvalue weighted by Gasteiger charge is 2.11. The molecule has 1 rings (SSSR count). The third-order valence-corrected chi connectivity index (χ3v) is 1.86. The van der Waals surface area contributed by atoms with E-state index in [2.05, 4.69) is 0 Å². The lowest BCUT2D eigenvalue weighted by Gasteiger charge is -2.04. The molecule has 0 saturated heterocycles. The van der Waals surface area contributed by atoms with Crippen molar-refractivity contribution in [3.8, 4) is 5.75 Å². The highest BCUT2D eigenvalue weighted by Crippen LogP contribution is 2.17. The molecule has 0 aliphatic rings. The van der Waals surface area contributed by atoms with Crippen LogP contribution in [0.1, 0.15) is 17.3 Å². The lowest BCUT2D eigenvalue weighted by atomic mass is 10.2. The lowest BCUT2D eigenvalue weighted by molar-refractivity contribution is -0.129. The van der Waals surface area contributed by atoms with Gasteiger partial charge in [-0.1, -0.05) is 30.4 Å². The van der Waals surface area contributed by atoms with Crippen molar-refractivity contribution in [1.29, 1.82) is 0 Å². The molecule has 0 spiro atoms. The van der Waals surface area contributed by atoms with Gasteiger partial charge in [0.25, 0.3) is 0 Å². The van der Waals surface area contributed by atoms with Gasteiger partial charge < -0.3 is 9.84 Å². The molecule has 1 N–H and O–H groups in total. The van der Waals surface area contributed by atoms with Crippen LogP contribution in [0, 0.1) is 0 Å². The van der Waals surface area contributed by atoms with Crippen molar-refractivity contribution in [3.63, 3.8) is 0 Å². The van der Waals surface area contributed by atoms with E-state index in [1.807, 2.05) is 6.92 Å². The van der Waals surface area contributed by atoms with Gasteiger partial charge in [0.1, 0.15) is 11.3 Å². The van der Waals surface area contributed by atoms with Gasteiger partial charge in [-0.05, 0) is 19.1 Å². The van der Waals surface area contributed by atoms with Gasteiger partial charge in [-0.2, -0.15) is 0 Å². The van der Waals surface area contributed by atoms with E-state index in [1.54, 1.807) is 24.3 Å². The topological polar surface area (TPSA) is 63.6 Å². The minimum atomic E-state index is -1.13. The second-order valence-corrected chi connectivity index (χ2v) is 3.11. The quantitative estimate of drug-likeness (QED) is 0.375. The zero-order chi connectivity index (χ0) is 12.7. The van der Waals surface area contributed by atoms with Gasteiger partial charge in [0, 0.05) is 6.08 Å². The van der Waals surface area contributed by atoms with Gasteiger partial charge in [0.15, 0.2) is 0 Å². The highest BCUT2D eigenvalue weighted by molar-refractivity contribution is 5.93. The van der Waals surface area contributed by atoms with E-state index in [4.69, 9.17) is 9.84 Å². The molecular weight excluding hydrogens is 220 g/mol. The van der Waals surface area contributed by atoms with Crippen LogP contribution < -0.4 is 4.74 Å². The van der Waals surface area contributed by atoms with Gasteiger partial charge in [-0.25, -0.2) is 9.59 Å². The molecule has 0 saturated carbocycles. The first-order valence-electron chi connectivity index (χ1n) is 4.98. The lowest BCUT2D eigenvalue weighted by Crippen LogP contribution is -2.08. The number of esters is 1. The molecule has 0 radical (unpaired) electrons. The van der Waals surface area contributed by atoms with Crippen molar-refractivity contribution in [2.45, 2.75) is 6.92 Å². The van der Waals surface area contributed by atoms with Crippen molar-refractivity contribution in [1.82, 2.24) is 0 Å². The predicted octanol–water partition coefficient (Wildman–Crippen LogP) is 2.42. The summed E-state index contributed by atoms with van der Waals surface area (Å²) in [5.41, 5.74) is -0.0414. The van der Waals surface area contributed by atoms with Crippen molar-refractivity contribution < 1.29 is 19.4 Å². The normalized spacial score (nSPS) is 10.9. The van der Waals surface area contributed by atoms with E-state index in [0.717, 1.165) is 0 Å². The monoisotopic (exact) mass is 232 g/mol. The van der Waals surface area contributed by atoms with Gasteiger partial charge >= 0.3 is 11.9 Å². The van der Waals surface area contributed by atoms with Crippen molar-refractivity contribution in [2.75, 3.05) is 0 Å². The molecule has 0 aliphatic carbocycles. The molecule has 0 unspecified atom stereocenters. The smallest absolute Gasteiger partial charge is 0.339 e. The number of allylic oxidation sites excluding steroid dienone is 3. The third-order valence-electron chi connectivity index (χ3n) is 1.86. The first-order chi connectivity index (χ1) is 8.15. The van der Waals surface area contributed by atoms with Crippen LogP contribution in [0.2, 0.25) is 0 Å². The van der Waals surface area contributed by atoms with Crippen LogP contribution in [0.5, 0.6) is 5.75 Å². The Hall–Kier alpha value is -2.36. The number of rotatable bonds is 4. The van der Waals surface area contributed by atoms with Gasteiger partial charge in [0.05, 0.1) is 0 Å². The van der Waals surface area contributed by atoms with Gasteiger partial charge in [-0.3, -0.25) is 0 Å². The number of carbonyl (C=O) groups is 2. The van der Waals surface area contributed by atoms with Crippen LogP contribution in [0.25, 0.3) is 0 Å². The Balaban J connectivity index is 2.81. The molecule has 0 amide bonds. The zero-order valence-corrected chi connectivity index (χ0v) is 9.29. The molecule has 0 bridgehead atoms. The molecule has 0 heterocycles. The molecule has 0 aromatic heterocycles. The third kappa shape index (κ3) is 3.95. The number of carbonyl (C=O) groups excluding carboxylic acids is 1. The summed E-state index contributed by atoms with van der Waals surface area (Å²) in [5, 5.41) is 8.87. The Morgan fingerprint density at radius 1 is 1.24 bits per heavy atom. The first kappa shape index (κ1) is 12.7. The molecular formula is C13H12O4. The summed E-state index contributed by atoms with van der Waals surface area (Å²) < 4.78 is 4.91. The molecule has 0 fully saturated rings. The highest BCUT2D eigenvalue weighted by atomic mass is 16.5. The van der Waals surface area contributed by atoms with E-state index in [0.29, 0.717) is 0 Å². The maximum absolute atomic E-state index is 11.3. The minimum Gasteiger partial charge on any atom is -0.478 e. The summed E-state index contributed by atoms with van der Waals surface area (Å²) in [6, 6.07) is 5.98. The van der Waals surface area contributed by atoms with E-state index < -0.39 is 11.9 Å². The van der Waals surface area contributed by atoms with Crippen molar-refractivity contribution in [3.05, 3.63) is 54.1 Å². The van der Waals surface area contributed by atoms with Crippen LogP contribution in [-0.2, 0) is 4.79 Å². The van der Waals surface area contributed by atoms with Crippen LogP contribution in [0.15, 0.2) is 48.6 Å². The number of ether oxygens (including phenoxy) is 1. The molecule has 0 aliphatic heterocycles. The largest absolute Gasteiger partial charge is 0.478 e. The van der Waals surface area contributed by atoms with Crippen LogP contribution in [0.4, 0.5) is 0 Å². The summed E-state index contributed by atoms with van der Waals surface area (Å²) in [6.07, 6.45) is 6.17. The maximum Gasteiger partial charge on any atom is 0.339 e. The Bertz CT molecular complexity index is 472. The average molecular weight is 232 g/mol. The van der Waals surface area contributed by atoms with Crippen LogP contribution >= 0.6 is 0 Å². The SMILES string of the molecule is CC=CC=CC(=O)Oc1ccccc1C(=O)O. The molecule has 4 heteroatoms. The summed E-state index contributed by atoms with van der Waals surface area (Å²) in [4.78, 5) is 22.2.